The molecule has 9 heteroatoms. The van der Waals surface area contributed by atoms with Crippen molar-refractivity contribution in [1.82, 2.24) is 14.8 Å². The second-order valence-electron chi connectivity index (χ2n) is 5.83. The van der Waals surface area contributed by atoms with Gasteiger partial charge in [-0.2, -0.15) is 18.3 Å². The van der Waals surface area contributed by atoms with Gasteiger partial charge in [-0.05, 0) is 25.1 Å². The van der Waals surface area contributed by atoms with Crippen molar-refractivity contribution < 1.29 is 22.7 Å². The van der Waals surface area contributed by atoms with Crippen LogP contribution in [-0.4, -0.2) is 26.0 Å². The van der Waals surface area contributed by atoms with E-state index in [1.54, 1.807) is 0 Å². The zero-order valence-corrected chi connectivity index (χ0v) is 14.2. The van der Waals surface area contributed by atoms with Crippen LogP contribution in [0, 0.1) is 5.82 Å². The van der Waals surface area contributed by atoms with Crippen molar-refractivity contribution >= 4 is 11.6 Å². The van der Waals surface area contributed by atoms with E-state index >= 15 is 0 Å². The number of H-pyrrole nitrogens is 1. The molecule has 3 aromatic rings. The standard InChI is InChI=1S/C17H14ClF4N3O/c1-9(26)8-25-16(17(20,21)22)11(7-24-25)14-5-10(6-23-14)15-12(18)3-2-4-13(15)19/h2-7,9,23,26H,8H2,1H3/t9-/m1/s1. The number of aromatic amines is 1. The molecule has 0 spiro atoms. The maximum Gasteiger partial charge on any atom is 0.433 e. The lowest BCUT2D eigenvalue weighted by Gasteiger charge is -2.13. The molecule has 0 amide bonds. The molecule has 2 N–H and O–H groups in total. The van der Waals surface area contributed by atoms with Crippen molar-refractivity contribution in [2.75, 3.05) is 0 Å². The molecule has 1 aromatic carbocycles. The van der Waals surface area contributed by atoms with Gasteiger partial charge in [-0.25, -0.2) is 4.39 Å². The van der Waals surface area contributed by atoms with E-state index in [0.717, 1.165) is 6.20 Å². The van der Waals surface area contributed by atoms with E-state index in [9.17, 15) is 22.7 Å². The lowest BCUT2D eigenvalue weighted by Crippen LogP contribution is -2.20. The highest BCUT2D eigenvalue weighted by Crippen LogP contribution is 2.39. The normalized spacial score (nSPS) is 13.2. The number of benzene rings is 1. The summed E-state index contributed by atoms with van der Waals surface area (Å²) in [5.74, 6) is -0.580. The van der Waals surface area contributed by atoms with Gasteiger partial charge in [0.15, 0.2) is 5.69 Å². The Morgan fingerprint density at radius 3 is 2.69 bits per heavy atom. The third kappa shape index (κ3) is 3.47. The minimum absolute atomic E-state index is 0.0987. The van der Waals surface area contributed by atoms with Crippen molar-refractivity contribution in [3.05, 3.63) is 53.2 Å². The summed E-state index contributed by atoms with van der Waals surface area (Å²) < 4.78 is 55.2. The van der Waals surface area contributed by atoms with Gasteiger partial charge in [0.05, 0.1) is 23.9 Å². The summed E-state index contributed by atoms with van der Waals surface area (Å²) in [4.78, 5) is 2.71. The van der Waals surface area contributed by atoms with E-state index in [2.05, 4.69) is 10.1 Å². The van der Waals surface area contributed by atoms with Crippen LogP contribution < -0.4 is 0 Å². The fourth-order valence-electron chi connectivity index (χ4n) is 2.74. The molecule has 0 unspecified atom stereocenters. The SMILES string of the molecule is C[C@@H](O)Cn1ncc(-c2cc(-c3c(F)cccc3Cl)c[nH]2)c1C(F)(F)F. The Morgan fingerprint density at radius 2 is 2.08 bits per heavy atom. The number of aliphatic hydroxyl groups is 1. The topological polar surface area (TPSA) is 53.8 Å². The average Bonchev–Trinajstić information content (AvgIpc) is 3.12. The Morgan fingerprint density at radius 1 is 1.35 bits per heavy atom. The highest BCUT2D eigenvalue weighted by molar-refractivity contribution is 6.33. The molecule has 26 heavy (non-hydrogen) atoms. The summed E-state index contributed by atoms with van der Waals surface area (Å²) >= 11 is 6.01. The van der Waals surface area contributed by atoms with Gasteiger partial charge in [-0.15, -0.1) is 0 Å². The maximum absolute atomic E-state index is 14.0. The monoisotopic (exact) mass is 387 g/mol. The lowest BCUT2D eigenvalue weighted by atomic mass is 10.1. The first-order valence-electron chi connectivity index (χ1n) is 7.62. The predicted octanol–water partition coefficient (Wildman–Crippen LogP) is 4.74. The molecule has 1 atom stereocenters. The second kappa shape index (κ2) is 6.77. The van der Waals surface area contributed by atoms with Crippen molar-refractivity contribution in [1.29, 1.82) is 0 Å². The number of rotatable bonds is 4. The van der Waals surface area contributed by atoms with Crippen LogP contribution >= 0.6 is 11.6 Å². The Kier molecular flexibility index (Phi) is 4.81. The van der Waals surface area contributed by atoms with E-state index in [4.69, 9.17) is 11.6 Å². The number of halogens is 5. The van der Waals surface area contributed by atoms with E-state index in [1.807, 2.05) is 0 Å². The Bertz CT molecular complexity index is 910. The molecule has 0 bridgehead atoms. The smallest absolute Gasteiger partial charge is 0.391 e. The largest absolute Gasteiger partial charge is 0.433 e. The molecule has 0 radical (unpaired) electrons. The zero-order valence-electron chi connectivity index (χ0n) is 13.5. The highest BCUT2D eigenvalue weighted by Gasteiger charge is 2.39. The Labute approximate surface area is 151 Å². The zero-order chi connectivity index (χ0) is 19.1. The van der Waals surface area contributed by atoms with Crippen LogP contribution in [0.3, 0.4) is 0 Å². The Balaban J connectivity index is 2.09. The molecule has 3 rings (SSSR count). The first-order valence-corrected chi connectivity index (χ1v) is 8.00. The molecule has 0 aliphatic carbocycles. The molecule has 4 nitrogen and oxygen atoms in total. The van der Waals surface area contributed by atoms with Gasteiger partial charge in [-0.1, -0.05) is 17.7 Å². The summed E-state index contributed by atoms with van der Waals surface area (Å²) in [6.07, 6.45) is -3.24. The van der Waals surface area contributed by atoms with Crippen molar-refractivity contribution in [3.8, 4) is 22.4 Å². The van der Waals surface area contributed by atoms with Gasteiger partial charge in [0.25, 0.3) is 0 Å². The Hall–Kier alpha value is -2.32. The van der Waals surface area contributed by atoms with Crippen LogP contribution in [0.5, 0.6) is 0 Å². The fourth-order valence-corrected chi connectivity index (χ4v) is 3.01. The highest BCUT2D eigenvalue weighted by atomic mass is 35.5. The van der Waals surface area contributed by atoms with Crippen LogP contribution in [0.25, 0.3) is 22.4 Å². The van der Waals surface area contributed by atoms with Gasteiger partial charge < -0.3 is 10.1 Å². The fraction of sp³-hybridized carbons (Fsp3) is 0.235. The summed E-state index contributed by atoms with van der Waals surface area (Å²) in [7, 11) is 0. The van der Waals surface area contributed by atoms with E-state index in [-0.39, 0.29) is 28.4 Å². The van der Waals surface area contributed by atoms with Gasteiger partial charge in [0.1, 0.15) is 5.82 Å². The van der Waals surface area contributed by atoms with Crippen LogP contribution in [0.2, 0.25) is 5.02 Å². The number of hydrogen-bond acceptors (Lipinski definition) is 2. The van der Waals surface area contributed by atoms with Crippen molar-refractivity contribution in [2.24, 2.45) is 0 Å². The molecule has 0 aliphatic rings. The number of hydrogen-bond donors (Lipinski definition) is 2. The molecule has 0 fully saturated rings. The molecular weight excluding hydrogens is 374 g/mol. The van der Waals surface area contributed by atoms with Crippen molar-refractivity contribution in [2.45, 2.75) is 25.7 Å². The third-order valence-corrected chi connectivity index (χ3v) is 4.08. The van der Waals surface area contributed by atoms with Crippen LogP contribution in [-0.2, 0) is 12.7 Å². The molecule has 0 saturated carbocycles. The number of nitrogens with zero attached hydrogens (tertiary/aromatic N) is 2. The quantitative estimate of drug-likeness (QED) is 0.635. The second-order valence-corrected chi connectivity index (χ2v) is 6.24. The van der Waals surface area contributed by atoms with Crippen LogP contribution in [0.15, 0.2) is 36.7 Å². The summed E-state index contributed by atoms with van der Waals surface area (Å²) in [5, 5.41) is 13.3. The summed E-state index contributed by atoms with van der Waals surface area (Å²) in [5.41, 5.74) is -0.659. The molecule has 2 heterocycles. The third-order valence-electron chi connectivity index (χ3n) is 3.77. The van der Waals surface area contributed by atoms with Gasteiger partial charge >= 0.3 is 6.18 Å². The van der Waals surface area contributed by atoms with Gasteiger partial charge in [0.2, 0.25) is 0 Å². The average molecular weight is 388 g/mol. The summed E-state index contributed by atoms with van der Waals surface area (Å²) in [6, 6.07) is 5.53. The minimum Gasteiger partial charge on any atom is -0.391 e. The van der Waals surface area contributed by atoms with E-state index in [0.29, 0.717) is 10.2 Å². The van der Waals surface area contributed by atoms with E-state index < -0.39 is 23.8 Å². The molecule has 2 aromatic heterocycles. The van der Waals surface area contributed by atoms with E-state index in [1.165, 1.54) is 37.4 Å². The van der Waals surface area contributed by atoms with Crippen molar-refractivity contribution in [3.63, 3.8) is 0 Å². The molecular formula is C17H14ClF4N3O. The van der Waals surface area contributed by atoms with Gasteiger partial charge in [-0.3, -0.25) is 4.68 Å². The minimum atomic E-state index is -4.68. The molecule has 138 valence electrons. The first-order chi connectivity index (χ1) is 12.2. The maximum atomic E-state index is 14.0. The predicted molar refractivity (Wildman–Crippen MR) is 89.1 cm³/mol. The molecule has 0 saturated heterocycles. The number of aromatic nitrogens is 3. The summed E-state index contributed by atoms with van der Waals surface area (Å²) in [6.45, 7) is 1.07. The first kappa shape index (κ1) is 18.5. The van der Waals surface area contributed by atoms with Crippen LogP contribution in [0.4, 0.5) is 17.6 Å². The number of nitrogens with one attached hydrogen (secondary N) is 1. The number of alkyl halides is 3. The van der Waals surface area contributed by atoms with Gasteiger partial charge in [0, 0.05) is 28.6 Å². The lowest BCUT2D eigenvalue weighted by molar-refractivity contribution is -0.144. The molecule has 0 aliphatic heterocycles. The number of aliphatic hydroxyl groups excluding tert-OH is 1. The van der Waals surface area contributed by atoms with Crippen LogP contribution in [0.1, 0.15) is 12.6 Å².